The highest BCUT2D eigenvalue weighted by Gasteiger charge is 1.99. The van der Waals surface area contributed by atoms with Crippen molar-refractivity contribution >= 4 is 6.29 Å². The summed E-state index contributed by atoms with van der Waals surface area (Å²) in [7, 11) is 0. The Morgan fingerprint density at radius 1 is 1.50 bits per heavy atom. The highest BCUT2D eigenvalue weighted by Crippen LogP contribution is 2.15. The van der Waals surface area contributed by atoms with Crippen molar-refractivity contribution in [1.29, 1.82) is 0 Å². The molecule has 0 fully saturated rings. The monoisotopic (exact) mass is 162 g/mol. The standard InChI is InChI=1S/C10H10O2/c1-2-3-8-6-10(12)5-4-9(8)7-11/h2,4-7,12H,1,3H2. The first kappa shape index (κ1) is 8.53. The summed E-state index contributed by atoms with van der Waals surface area (Å²) in [4.78, 5) is 10.5. The van der Waals surface area contributed by atoms with Crippen molar-refractivity contribution in [2.45, 2.75) is 6.42 Å². The molecule has 1 N–H and O–H groups in total. The highest BCUT2D eigenvalue weighted by atomic mass is 16.3. The molecule has 0 heterocycles. The van der Waals surface area contributed by atoms with E-state index < -0.39 is 0 Å². The van der Waals surface area contributed by atoms with Crippen molar-refractivity contribution in [3.63, 3.8) is 0 Å². The van der Waals surface area contributed by atoms with E-state index in [1.807, 2.05) is 0 Å². The number of phenols is 1. The highest BCUT2D eigenvalue weighted by molar-refractivity contribution is 5.77. The van der Waals surface area contributed by atoms with Crippen LogP contribution in [0.2, 0.25) is 0 Å². The Balaban J connectivity index is 3.11. The molecule has 1 aromatic carbocycles. The molecule has 0 saturated heterocycles. The molecule has 0 amide bonds. The normalized spacial score (nSPS) is 9.33. The Morgan fingerprint density at radius 3 is 2.83 bits per heavy atom. The summed E-state index contributed by atoms with van der Waals surface area (Å²) in [6.45, 7) is 3.56. The van der Waals surface area contributed by atoms with E-state index in [0.29, 0.717) is 12.0 Å². The van der Waals surface area contributed by atoms with E-state index in [4.69, 9.17) is 5.11 Å². The van der Waals surface area contributed by atoms with Gasteiger partial charge in [-0.2, -0.15) is 0 Å². The first-order chi connectivity index (χ1) is 5.77. The minimum Gasteiger partial charge on any atom is -0.508 e. The molecule has 0 aliphatic rings. The lowest BCUT2D eigenvalue weighted by Gasteiger charge is -2.01. The van der Waals surface area contributed by atoms with Crippen LogP contribution >= 0.6 is 0 Å². The van der Waals surface area contributed by atoms with Crippen molar-refractivity contribution < 1.29 is 9.90 Å². The van der Waals surface area contributed by atoms with E-state index in [9.17, 15) is 4.79 Å². The second-order valence-corrected chi connectivity index (χ2v) is 2.49. The lowest BCUT2D eigenvalue weighted by molar-refractivity contribution is 0.112. The lowest BCUT2D eigenvalue weighted by atomic mass is 10.1. The maximum Gasteiger partial charge on any atom is 0.150 e. The second kappa shape index (κ2) is 3.72. The van der Waals surface area contributed by atoms with Crippen LogP contribution in [0.1, 0.15) is 15.9 Å². The quantitative estimate of drug-likeness (QED) is 0.544. The summed E-state index contributed by atoms with van der Waals surface area (Å²) in [5, 5.41) is 9.11. The van der Waals surface area contributed by atoms with Gasteiger partial charge in [-0.1, -0.05) is 6.08 Å². The number of hydrogen-bond donors (Lipinski definition) is 1. The smallest absolute Gasteiger partial charge is 0.150 e. The van der Waals surface area contributed by atoms with Gasteiger partial charge in [0.05, 0.1) is 0 Å². The van der Waals surface area contributed by atoms with Gasteiger partial charge in [-0.25, -0.2) is 0 Å². The summed E-state index contributed by atoms with van der Waals surface area (Å²) < 4.78 is 0. The number of aldehydes is 1. The van der Waals surface area contributed by atoms with Gasteiger partial charge in [-0.3, -0.25) is 4.79 Å². The Morgan fingerprint density at radius 2 is 2.25 bits per heavy atom. The van der Waals surface area contributed by atoms with Crippen LogP contribution in [0, 0.1) is 0 Å². The zero-order valence-electron chi connectivity index (χ0n) is 6.66. The van der Waals surface area contributed by atoms with Crippen molar-refractivity contribution in [3.8, 4) is 5.75 Å². The lowest BCUT2D eigenvalue weighted by Crippen LogP contribution is -1.89. The van der Waals surface area contributed by atoms with Crippen LogP contribution in [-0.2, 0) is 6.42 Å². The van der Waals surface area contributed by atoms with Crippen LogP contribution in [-0.4, -0.2) is 11.4 Å². The number of carbonyl (C=O) groups is 1. The number of carbonyl (C=O) groups excluding carboxylic acids is 1. The van der Waals surface area contributed by atoms with E-state index in [-0.39, 0.29) is 5.75 Å². The average molecular weight is 162 g/mol. The van der Waals surface area contributed by atoms with E-state index >= 15 is 0 Å². The zero-order valence-corrected chi connectivity index (χ0v) is 6.66. The van der Waals surface area contributed by atoms with E-state index in [1.54, 1.807) is 18.2 Å². The molecular weight excluding hydrogens is 152 g/mol. The van der Waals surface area contributed by atoms with Crippen molar-refractivity contribution in [1.82, 2.24) is 0 Å². The van der Waals surface area contributed by atoms with Crippen LogP contribution in [0.15, 0.2) is 30.9 Å². The Hall–Kier alpha value is -1.57. The Bertz CT molecular complexity index is 303. The summed E-state index contributed by atoms with van der Waals surface area (Å²) in [5.74, 6) is 0.178. The number of phenolic OH excluding ortho intramolecular Hbond substituents is 1. The number of allylic oxidation sites excluding steroid dienone is 1. The minimum atomic E-state index is 0.178. The third kappa shape index (κ3) is 1.72. The molecule has 0 unspecified atom stereocenters. The van der Waals surface area contributed by atoms with Crippen LogP contribution in [0.3, 0.4) is 0 Å². The summed E-state index contributed by atoms with van der Waals surface area (Å²) >= 11 is 0. The molecule has 0 saturated carbocycles. The van der Waals surface area contributed by atoms with Gasteiger partial charge in [-0.05, 0) is 30.2 Å². The largest absolute Gasteiger partial charge is 0.508 e. The van der Waals surface area contributed by atoms with Crippen molar-refractivity contribution in [2.75, 3.05) is 0 Å². The first-order valence-corrected chi connectivity index (χ1v) is 3.66. The molecule has 1 aromatic rings. The molecule has 1 rings (SSSR count). The third-order valence-electron chi connectivity index (χ3n) is 1.62. The van der Waals surface area contributed by atoms with Crippen LogP contribution in [0.4, 0.5) is 0 Å². The molecule has 62 valence electrons. The predicted octanol–water partition coefficient (Wildman–Crippen LogP) is 1.93. The fourth-order valence-electron chi connectivity index (χ4n) is 1.04. The molecule has 0 aliphatic heterocycles. The number of aromatic hydroxyl groups is 1. The molecule has 0 aliphatic carbocycles. The van der Waals surface area contributed by atoms with Crippen LogP contribution in [0.25, 0.3) is 0 Å². The Kier molecular flexibility index (Phi) is 2.64. The van der Waals surface area contributed by atoms with Crippen molar-refractivity contribution in [2.24, 2.45) is 0 Å². The van der Waals surface area contributed by atoms with Gasteiger partial charge in [0.25, 0.3) is 0 Å². The third-order valence-corrected chi connectivity index (χ3v) is 1.62. The van der Waals surface area contributed by atoms with E-state index in [2.05, 4.69) is 6.58 Å². The van der Waals surface area contributed by atoms with Gasteiger partial charge >= 0.3 is 0 Å². The fraction of sp³-hybridized carbons (Fsp3) is 0.100. The van der Waals surface area contributed by atoms with Gasteiger partial charge in [-0.15, -0.1) is 6.58 Å². The predicted molar refractivity (Wildman–Crippen MR) is 47.4 cm³/mol. The summed E-state index contributed by atoms with van der Waals surface area (Å²) in [5.41, 5.74) is 1.41. The van der Waals surface area contributed by atoms with E-state index in [0.717, 1.165) is 11.8 Å². The molecule has 2 heteroatoms. The van der Waals surface area contributed by atoms with Crippen LogP contribution in [0.5, 0.6) is 5.75 Å². The van der Waals surface area contributed by atoms with Gasteiger partial charge < -0.3 is 5.11 Å². The first-order valence-electron chi connectivity index (χ1n) is 3.66. The average Bonchev–Trinajstić information content (AvgIpc) is 2.05. The summed E-state index contributed by atoms with van der Waals surface area (Å²) in [6.07, 6.45) is 3.07. The van der Waals surface area contributed by atoms with Gasteiger partial charge in [0.1, 0.15) is 12.0 Å². The fourth-order valence-corrected chi connectivity index (χ4v) is 1.04. The molecule has 0 spiro atoms. The molecule has 0 aromatic heterocycles. The molecular formula is C10H10O2. The second-order valence-electron chi connectivity index (χ2n) is 2.49. The number of rotatable bonds is 3. The van der Waals surface area contributed by atoms with Crippen LogP contribution < -0.4 is 0 Å². The molecule has 0 radical (unpaired) electrons. The Labute approximate surface area is 71.2 Å². The molecule has 12 heavy (non-hydrogen) atoms. The van der Waals surface area contributed by atoms with Gasteiger partial charge in [0, 0.05) is 5.56 Å². The topological polar surface area (TPSA) is 37.3 Å². The maximum absolute atomic E-state index is 10.5. The van der Waals surface area contributed by atoms with Gasteiger partial charge in [0.2, 0.25) is 0 Å². The number of hydrogen-bond acceptors (Lipinski definition) is 2. The SMILES string of the molecule is C=CCc1cc(O)ccc1C=O. The molecule has 2 nitrogen and oxygen atoms in total. The maximum atomic E-state index is 10.5. The number of benzene rings is 1. The molecule has 0 atom stereocenters. The van der Waals surface area contributed by atoms with Gasteiger partial charge in [0.15, 0.2) is 0 Å². The summed E-state index contributed by atoms with van der Waals surface area (Å²) in [6, 6.07) is 4.67. The van der Waals surface area contributed by atoms with Crippen molar-refractivity contribution in [3.05, 3.63) is 42.0 Å². The molecule has 0 bridgehead atoms. The van der Waals surface area contributed by atoms with E-state index in [1.165, 1.54) is 6.07 Å². The zero-order chi connectivity index (χ0) is 8.97. The minimum absolute atomic E-state index is 0.178.